The molecule has 5 heteroatoms. The van der Waals surface area contributed by atoms with Crippen LogP contribution in [0.2, 0.25) is 0 Å². The maximum atomic E-state index is 9.46. The quantitative estimate of drug-likeness (QED) is 0.708. The van der Waals surface area contributed by atoms with Crippen molar-refractivity contribution in [3.05, 3.63) is 18.2 Å². The van der Waals surface area contributed by atoms with Crippen molar-refractivity contribution in [2.45, 2.75) is 37.8 Å². The van der Waals surface area contributed by atoms with E-state index in [1.54, 1.807) is 6.07 Å². The molecule has 0 aliphatic heterocycles. The smallest absolute Gasteiger partial charge is 0.295 e. The van der Waals surface area contributed by atoms with Crippen molar-refractivity contribution in [1.29, 1.82) is 0 Å². The van der Waals surface area contributed by atoms with Crippen molar-refractivity contribution in [3.63, 3.8) is 0 Å². The van der Waals surface area contributed by atoms with Crippen LogP contribution in [-0.4, -0.2) is 22.2 Å². The highest BCUT2D eigenvalue weighted by molar-refractivity contribution is 5.78. The minimum absolute atomic E-state index is 0.147. The summed E-state index contributed by atoms with van der Waals surface area (Å²) in [6.45, 7) is 0. The van der Waals surface area contributed by atoms with Crippen LogP contribution in [0.5, 0.6) is 0 Å². The van der Waals surface area contributed by atoms with Crippen LogP contribution in [0, 0.1) is 0 Å². The summed E-state index contributed by atoms with van der Waals surface area (Å²) >= 11 is 0. The van der Waals surface area contributed by atoms with E-state index in [9.17, 15) is 5.11 Å². The molecule has 2 aromatic rings. The first-order valence-corrected chi connectivity index (χ1v) is 6.31. The van der Waals surface area contributed by atoms with E-state index in [2.05, 4.69) is 10.3 Å². The summed E-state index contributed by atoms with van der Waals surface area (Å²) < 4.78 is 5.61. The molecule has 1 aliphatic rings. The zero-order valence-electron chi connectivity index (χ0n) is 10.1. The lowest BCUT2D eigenvalue weighted by Crippen LogP contribution is -2.28. The average molecular weight is 247 g/mol. The Labute approximate surface area is 105 Å². The summed E-state index contributed by atoms with van der Waals surface area (Å²) in [6.07, 6.45) is 3.42. The van der Waals surface area contributed by atoms with Gasteiger partial charge in [0.2, 0.25) is 0 Å². The van der Waals surface area contributed by atoms with Gasteiger partial charge in [0, 0.05) is 17.8 Å². The molecule has 1 aliphatic carbocycles. The minimum Gasteiger partial charge on any atom is -0.423 e. The lowest BCUT2D eigenvalue weighted by molar-refractivity contribution is 0.125. The molecule has 0 saturated heterocycles. The Bertz CT molecular complexity index is 544. The molecule has 1 aromatic carbocycles. The molecule has 0 radical (unpaired) electrons. The van der Waals surface area contributed by atoms with Gasteiger partial charge in [-0.1, -0.05) is 0 Å². The molecule has 0 atom stereocenters. The van der Waals surface area contributed by atoms with Crippen LogP contribution in [0.1, 0.15) is 25.7 Å². The lowest BCUT2D eigenvalue weighted by Gasteiger charge is -2.25. The van der Waals surface area contributed by atoms with Gasteiger partial charge in [0.05, 0.1) is 6.10 Å². The second kappa shape index (κ2) is 4.49. The number of anilines is 2. The lowest BCUT2D eigenvalue weighted by atomic mass is 9.93. The van der Waals surface area contributed by atoms with E-state index >= 15 is 0 Å². The van der Waals surface area contributed by atoms with Gasteiger partial charge in [0.25, 0.3) is 6.01 Å². The molecule has 1 saturated carbocycles. The van der Waals surface area contributed by atoms with Crippen molar-refractivity contribution < 1.29 is 9.52 Å². The number of rotatable bonds is 2. The first kappa shape index (κ1) is 11.3. The Morgan fingerprint density at radius 3 is 2.83 bits per heavy atom. The van der Waals surface area contributed by atoms with Crippen LogP contribution in [0.4, 0.5) is 11.7 Å². The van der Waals surface area contributed by atoms with Crippen molar-refractivity contribution in [2.75, 3.05) is 11.1 Å². The third-order valence-corrected chi connectivity index (χ3v) is 3.44. The van der Waals surface area contributed by atoms with Crippen LogP contribution < -0.4 is 11.1 Å². The maximum Gasteiger partial charge on any atom is 0.295 e. The topological polar surface area (TPSA) is 84.3 Å². The van der Waals surface area contributed by atoms with Crippen LogP contribution in [-0.2, 0) is 0 Å². The number of benzene rings is 1. The van der Waals surface area contributed by atoms with Crippen LogP contribution in [0.15, 0.2) is 22.6 Å². The molecule has 3 rings (SSSR count). The molecule has 0 bridgehead atoms. The van der Waals surface area contributed by atoms with E-state index in [1.165, 1.54) is 0 Å². The molecule has 1 aromatic heterocycles. The Morgan fingerprint density at radius 2 is 2.06 bits per heavy atom. The molecule has 0 amide bonds. The molecule has 18 heavy (non-hydrogen) atoms. The fraction of sp³-hybridized carbons (Fsp3) is 0.462. The molecule has 1 fully saturated rings. The van der Waals surface area contributed by atoms with Gasteiger partial charge in [0.1, 0.15) is 5.52 Å². The van der Waals surface area contributed by atoms with Crippen LogP contribution in [0.25, 0.3) is 11.1 Å². The Hall–Kier alpha value is -1.75. The highest BCUT2D eigenvalue weighted by Gasteiger charge is 2.20. The zero-order chi connectivity index (χ0) is 12.5. The van der Waals surface area contributed by atoms with Crippen molar-refractivity contribution in [1.82, 2.24) is 4.98 Å². The van der Waals surface area contributed by atoms with E-state index in [-0.39, 0.29) is 6.10 Å². The van der Waals surface area contributed by atoms with Crippen LogP contribution >= 0.6 is 0 Å². The van der Waals surface area contributed by atoms with E-state index in [0.717, 1.165) is 31.2 Å². The van der Waals surface area contributed by atoms with Crippen molar-refractivity contribution in [2.24, 2.45) is 0 Å². The number of nitrogen functional groups attached to an aromatic ring is 1. The number of aromatic nitrogens is 1. The third-order valence-electron chi connectivity index (χ3n) is 3.44. The van der Waals surface area contributed by atoms with E-state index in [0.29, 0.717) is 23.3 Å². The molecule has 0 unspecified atom stereocenters. The highest BCUT2D eigenvalue weighted by Crippen LogP contribution is 2.25. The number of oxazole rings is 1. The molecule has 5 nitrogen and oxygen atoms in total. The summed E-state index contributed by atoms with van der Waals surface area (Å²) in [5.41, 5.74) is 7.88. The highest BCUT2D eigenvalue weighted by atomic mass is 16.4. The van der Waals surface area contributed by atoms with Gasteiger partial charge in [0.15, 0.2) is 5.58 Å². The first-order valence-electron chi connectivity index (χ1n) is 6.31. The van der Waals surface area contributed by atoms with Crippen LogP contribution in [0.3, 0.4) is 0 Å². The summed E-state index contributed by atoms with van der Waals surface area (Å²) in [6, 6.07) is 6.31. The van der Waals surface area contributed by atoms with Crippen molar-refractivity contribution >= 4 is 22.8 Å². The largest absolute Gasteiger partial charge is 0.423 e. The Balaban J connectivity index is 1.74. The summed E-state index contributed by atoms with van der Waals surface area (Å²) in [5, 5.41) is 12.7. The van der Waals surface area contributed by atoms with Gasteiger partial charge in [-0.05, 0) is 37.8 Å². The number of aliphatic hydroxyl groups is 1. The van der Waals surface area contributed by atoms with E-state index < -0.39 is 0 Å². The fourth-order valence-electron chi connectivity index (χ4n) is 2.40. The number of nitrogens with two attached hydrogens (primary N) is 1. The first-order chi connectivity index (χ1) is 8.70. The third kappa shape index (κ3) is 2.26. The molecule has 96 valence electrons. The zero-order valence-corrected chi connectivity index (χ0v) is 10.1. The summed E-state index contributed by atoms with van der Waals surface area (Å²) in [4.78, 5) is 4.37. The summed E-state index contributed by atoms with van der Waals surface area (Å²) in [7, 11) is 0. The molecular formula is C13H17N3O2. The second-order valence-corrected chi connectivity index (χ2v) is 4.90. The number of nitrogens with zero attached hydrogens (tertiary/aromatic N) is 1. The summed E-state index contributed by atoms with van der Waals surface area (Å²) in [5.74, 6) is 0. The minimum atomic E-state index is -0.147. The Morgan fingerprint density at radius 1 is 1.28 bits per heavy atom. The number of fused-ring (bicyclic) bond motifs is 1. The van der Waals surface area contributed by atoms with Gasteiger partial charge in [-0.15, -0.1) is 0 Å². The van der Waals surface area contributed by atoms with Gasteiger partial charge in [-0.2, -0.15) is 4.98 Å². The predicted octanol–water partition coefficient (Wildman–Crippen LogP) is 2.13. The van der Waals surface area contributed by atoms with E-state index in [1.807, 2.05) is 12.1 Å². The number of aliphatic hydroxyl groups excluding tert-OH is 1. The average Bonchev–Trinajstić information content (AvgIpc) is 2.73. The fourth-order valence-corrected chi connectivity index (χ4v) is 2.40. The number of hydrogen-bond acceptors (Lipinski definition) is 5. The SMILES string of the molecule is Nc1ccc2nc(NC3CCC(O)CC3)oc2c1. The molecule has 4 N–H and O–H groups in total. The van der Waals surface area contributed by atoms with Gasteiger partial charge >= 0.3 is 0 Å². The van der Waals surface area contributed by atoms with Crippen molar-refractivity contribution in [3.8, 4) is 0 Å². The Kier molecular flexibility index (Phi) is 2.83. The molecular weight excluding hydrogens is 230 g/mol. The van der Waals surface area contributed by atoms with E-state index in [4.69, 9.17) is 10.2 Å². The number of hydrogen-bond donors (Lipinski definition) is 3. The number of nitrogens with one attached hydrogen (secondary N) is 1. The monoisotopic (exact) mass is 247 g/mol. The standard InChI is InChI=1S/C13H17N3O2/c14-8-1-6-11-12(7-8)18-13(16-11)15-9-2-4-10(17)5-3-9/h1,6-7,9-10,17H,2-5,14H2,(H,15,16). The van der Waals surface area contributed by atoms with Gasteiger partial charge < -0.3 is 20.6 Å². The normalized spacial score (nSPS) is 24.3. The maximum absolute atomic E-state index is 9.46. The predicted molar refractivity (Wildman–Crippen MR) is 70.3 cm³/mol. The molecule has 1 heterocycles. The second-order valence-electron chi connectivity index (χ2n) is 4.90. The van der Waals surface area contributed by atoms with Gasteiger partial charge in [-0.3, -0.25) is 0 Å². The molecule has 0 spiro atoms. The van der Waals surface area contributed by atoms with Gasteiger partial charge in [-0.25, -0.2) is 0 Å².